The molecule has 1 aliphatic rings. The number of carboxylic acid groups (broad SMARTS) is 1. The first-order valence-electron chi connectivity index (χ1n) is 5.90. The second-order valence-electron chi connectivity index (χ2n) is 4.44. The van der Waals surface area contributed by atoms with Crippen LogP contribution in [0.3, 0.4) is 0 Å². The molecule has 2 atom stereocenters. The van der Waals surface area contributed by atoms with E-state index in [0.29, 0.717) is 19.4 Å². The number of piperidine rings is 1. The van der Waals surface area contributed by atoms with Crippen LogP contribution in [0.2, 0.25) is 0 Å². The van der Waals surface area contributed by atoms with Crippen molar-refractivity contribution in [1.82, 2.24) is 4.90 Å². The SMILES string of the molecule is O=C(O)N1CCCC(O)C1Cc1ccccc1. The molecule has 92 valence electrons. The molecule has 2 rings (SSSR count). The summed E-state index contributed by atoms with van der Waals surface area (Å²) in [5.41, 5.74) is 1.06. The number of aliphatic hydroxyl groups is 1. The minimum Gasteiger partial charge on any atom is -0.465 e. The van der Waals surface area contributed by atoms with Gasteiger partial charge in [0, 0.05) is 6.54 Å². The van der Waals surface area contributed by atoms with Gasteiger partial charge in [0.15, 0.2) is 0 Å². The van der Waals surface area contributed by atoms with Gasteiger partial charge in [0.05, 0.1) is 12.1 Å². The van der Waals surface area contributed by atoms with Gasteiger partial charge in [-0.1, -0.05) is 30.3 Å². The summed E-state index contributed by atoms with van der Waals surface area (Å²) >= 11 is 0. The zero-order valence-electron chi connectivity index (χ0n) is 9.62. The molecule has 1 amide bonds. The quantitative estimate of drug-likeness (QED) is 0.820. The first kappa shape index (κ1) is 11.9. The average molecular weight is 235 g/mol. The number of likely N-dealkylation sites (tertiary alicyclic amines) is 1. The van der Waals surface area contributed by atoms with Crippen LogP contribution in [-0.4, -0.2) is 39.9 Å². The van der Waals surface area contributed by atoms with Gasteiger partial charge >= 0.3 is 6.09 Å². The lowest BCUT2D eigenvalue weighted by Crippen LogP contribution is -2.51. The fourth-order valence-electron chi connectivity index (χ4n) is 2.38. The first-order chi connectivity index (χ1) is 8.18. The van der Waals surface area contributed by atoms with Gasteiger partial charge < -0.3 is 15.1 Å². The minimum absolute atomic E-state index is 0.316. The van der Waals surface area contributed by atoms with Gasteiger partial charge in [0.2, 0.25) is 0 Å². The standard InChI is InChI=1S/C13H17NO3/c15-12-7-4-8-14(13(16)17)11(12)9-10-5-2-1-3-6-10/h1-3,5-6,11-12,15H,4,7-9H2,(H,16,17). The molecule has 0 saturated carbocycles. The highest BCUT2D eigenvalue weighted by atomic mass is 16.4. The third-order valence-corrected chi connectivity index (χ3v) is 3.28. The van der Waals surface area contributed by atoms with Crippen molar-refractivity contribution < 1.29 is 15.0 Å². The van der Waals surface area contributed by atoms with Crippen molar-refractivity contribution in [3.8, 4) is 0 Å². The summed E-state index contributed by atoms with van der Waals surface area (Å²) in [5, 5.41) is 19.1. The molecule has 0 aliphatic carbocycles. The molecule has 1 fully saturated rings. The van der Waals surface area contributed by atoms with Crippen LogP contribution in [0.1, 0.15) is 18.4 Å². The van der Waals surface area contributed by atoms with Crippen LogP contribution in [0.5, 0.6) is 0 Å². The normalized spacial score (nSPS) is 24.6. The molecule has 0 radical (unpaired) electrons. The Morgan fingerprint density at radius 1 is 1.35 bits per heavy atom. The van der Waals surface area contributed by atoms with Crippen LogP contribution in [0.15, 0.2) is 30.3 Å². The Bertz CT molecular complexity index is 380. The molecule has 1 heterocycles. The molecule has 0 bridgehead atoms. The monoisotopic (exact) mass is 235 g/mol. The molecule has 1 saturated heterocycles. The maximum absolute atomic E-state index is 11.1. The van der Waals surface area contributed by atoms with E-state index in [1.54, 1.807) is 0 Å². The van der Waals surface area contributed by atoms with Crippen LogP contribution in [0, 0.1) is 0 Å². The van der Waals surface area contributed by atoms with Crippen LogP contribution in [0.25, 0.3) is 0 Å². The molecule has 4 heteroatoms. The Morgan fingerprint density at radius 3 is 2.71 bits per heavy atom. The third-order valence-electron chi connectivity index (χ3n) is 3.28. The van der Waals surface area contributed by atoms with Crippen molar-refractivity contribution in [2.24, 2.45) is 0 Å². The molecule has 2 unspecified atom stereocenters. The summed E-state index contributed by atoms with van der Waals surface area (Å²) < 4.78 is 0. The Morgan fingerprint density at radius 2 is 2.06 bits per heavy atom. The largest absolute Gasteiger partial charge is 0.465 e. The second-order valence-corrected chi connectivity index (χ2v) is 4.44. The molecule has 1 aliphatic heterocycles. The lowest BCUT2D eigenvalue weighted by molar-refractivity contribution is 0.0164. The van der Waals surface area contributed by atoms with Crippen LogP contribution < -0.4 is 0 Å². The molecule has 1 aromatic carbocycles. The van der Waals surface area contributed by atoms with Gasteiger partial charge in [0.25, 0.3) is 0 Å². The lowest BCUT2D eigenvalue weighted by Gasteiger charge is -2.37. The van der Waals surface area contributed by atoms with Crippen molar-refractivity contribution in [2.75, 3.05) is 6.54 Å². The van der Waals surface area contributed by atoms with Crippen molar-refractivity contribution in [1.29, 1.82) is 0 Å². The lowest BCUT2D eigenvalue weighted by atomic mass is 9.93. The summed E-state index contributed by atoms with van der Waals surface area (Å²) in [7, 11) is 0. The second kappa shape index (κ2) is 5.19. The van der Waals surface area contributed by atoms with Gasteiger partial charge in [0.1, 0.15) is 0 Å². The predicted molar refractivity (Wildman–Crippen MR) is 63.9 cm³/mol. The minimum atomic E-state index is -0.940. The summed E-state index contributed by atoms with van der Waals surface area (Å²) in [6, 6.07) is 9.38. The number of aliphatic hydroxyl groups excluding tert-OH is 1. The van der Waals surface area contributed by atoms with E-state index in [9.17, 15) is 9.90 Å². The molecular weight excluding hydrogens is 218 g/mol. The first-order valence-corrected chi connectivity index (χ1v) is 5.90. The Hall–Kier alpha value is -1.55. The van der Waals surface area contributed by atoms with Crippen LogP contribution in [-0.2, 0) is 6.42 Å². The molecule has 2 N–H and O–H groups in total. The van der Waals surface area contributed by atoms with Crippen molar-refractivity contribution in [2.45, 2.75) is 31.4 Å². The van der Waals surface area contributed by atoms with Gasteiger partial charge in [-0.25, -0.2) is 4.79 Å². The number of rotatable bonds is 2. The van der Waals surface area contributed by atoms with Gasteiger partial charge in [-0.15, -0.1) is 0 Å². The van der Waals surface area contributed by atoms with Gasteiger partial charge in [-0.2, -0.15) is 0 Å². The van der Waals surface area contributed by atoms with E-state index < -0.39 is 12.2 Å². The van der Waals surface area contributed by atoms with E-state index in [2.05, 4.69) is 0 Å². The molecule has 17 heavy (non-hydrogen) atoms. The molecule has 1 aromatic rings. The number of carbonyl (C=O) groups is 1. The van der Waals surface area contributed by atoms with Gasteiger partial charge in [-0.3, -0.25) is 0 Å². The molecular formula is C13H17NO3. The highest BCUT2D eigenvalue weighted by Gasteiger charge is 2.32. The van der Waals surface area contributed by atoms with Crippen molar-refractivity contribution in [3.63, 3.8) is 0 Å². The summed E-state index contributed by atoms with van der Waals surface area (Å²) in [5.74, 6) is 0. The number of benzene rings is 1. The Labute approximate surface area is 100 Å². The van der Waals surface area contributed by atoms with Crippen LogP contribution >= 0.6 is 0 Å². The van der Waals surface area contributed by atoms with E-state index in [1.807, 2.05) is 30.3 Å². The number of hydrogen-bond donors (Lipinski definition) is 2. The number of nitrogens with zero attached hydrogens (tertiary/aromatic N) is 1. The zero-order valence-corrected chi connectivity index (χ0v) is 9.62. The number of amides is 1. The van der Waals surface area contributed by atoms with Gasteiger partial charge in [-0.05, 0) is 24.8 Å². The summed E-state index contributed by atoms with van der Waals surface area (Å²) in [6.07, 6.45) is 0.499. The van der Waals surface area contributed by atoms with Crippen molar-refractivity contribution in [3.05, 3.63) is 35.9 Å². The maximum Gasteiger partial charge on any atom is 0.407 e. The fourth-order valence-corrected chi connectivity index (χ4v) is 2.38. The third kappa shape index (κ3) is 2.77. The summed E-state index contributed by atoms with van der Waals surface area (Å²) in [6.45, 7) is 0.518. The molecule has 0 spiro atoms. The van der Waals surface area contributed by atoms with E-state index in [1.165, 1.54) is 4.90 Å². The highest BCUT2D eigenvalue weighted by molar-refractivity contribution is 5.65. The highest BCUT2D eigenvalue weighted by Crippen LogP contribution is 2.21. The molecule has 4 nitrogen and oxygen atoms in total. The molecule has 0 aromatic heterocycles. The smallest absolute Gasteiger partial charge is 0.407 e. The summed E-state index contributed by atoms with van der Waals surface area (Å²) in [4.78, 5) is 12.5. The maximum atomic E-state index is 11.1. The average Bonchev–Trinajstić information content (AvgIpc) is 2.33. The van der Waals surface area contributed by atoms with E-state index in [4.69, 9.17) is 5.11 Å². The van der Waals surface area contributed by atoms with Crippen LogP contribution in [0.4, 0.5) is 4.79 Å². The fraction of sp³-hybridized carbons (Fsp3) is 0.462. The zero-order chi connectivity index (χ0) is 12.3. The van der Waals surface area contributed by atoms with E-state index in [-0.39, 0.29) is 6.04 Å². The topological polar surface area (TPSA) is 60.8 Å². The predicted octanol–water partition coefficient (Wildman–Crippen LogP) is 1.73. The number of hydrogen-bond acceptors (Lipinski definition) is 2. The van der Waals surface area contributed by atoms with Crippen molar-refractivity contribution >= 4 is 6.09 Å². The van der Waals surface area contributed by atoms with E-state index in [0.717, 1.165) is 12.0 Å². The van der Waals surface area contributed by atoms with E-state index >= 15 is 0 Å². The Kier molecular flexibility index (Phi) is 3.64. The Balaban J connectivity index is 2.12.